The van der Waals surface area contributed by atoms with Crippen LogP contribution in [0.15, 0.2) is 54.7 Å². The van der Waals surface area contributed by atoms with Gasteiger partial charge < -0.3 is 15.5 Å². The number of nitrogens with zero attached hydrogens (tertiary/aromatic N) is 2. The zero-order valence-electron chi connectivity index (χ0n) is 23.9. The Morgan fingerprint density at radius 2 is 1.76 bits per heavy atom. The number of pyridine rings is 1. The number of rotatable bonds is 4. The average molecular weight is 569 g/mol. The molecular weight excluding hydrogens is 534 g/mol. The molecule has 1 saturated carbocycles. The molecule has 3 aromatic rings. The number of halogens is 2. The van der Waals surface area contributed by atoms with Crippen molar-refractivity contribution in [2.24, 2.45) is 0 Å². The molecule has 2 amide bonds. The standard InChI is InChI=1S/C34H34F2N4O2/c1-21-27(35)16-25(17-28(21)36)32(2)20-38-34(11-3-4-12-34)31(42)40(32)14-6-7-22-9-10-23-18-33(19-24(23)15-22)26-8-5-13-37-29(26)39-30(33)41/h5-10,13,15-17,38H,3-4,11-12,14,18-20H2,1-2H3,(H,37,39,41)/b7-6+/t32-,33+/m0/s1. The molecule has 0 unspecified atom stereocenters. The molecule has 0 radical (unpaired) electrons. The van der Waals surface area contributed by atoms with Gasteiger partial charge in [-0.3, -0.25) is 9.59 Å². The number of aromatic nitrogens is 1. The highest BCUT2D eigenvalue weighted by molar-refractivity contribution is 6.06. The summed E-state index contributed by atoms with van der Waals surface area (Å²) in [6.07, 6.45) is 10.4. The first-order valence-corrected chi connectivity index (χ1v) is 14.7. The van der Waals surface area contributed by atoms with Gasteiger partial charge in [0, 0.05) is 30.4 Å². The maximum Gasteiger partial charge on any atom is 0.243 e. The summed E-state index contributed by atoms with van der Waals surface area (Å²) in [6, 6.07) is 12.8. The van der Waals surface area contributed by atoms with Crippen LogP contribution in [0.25, 0.3) is 6.08 Å². The predicted octanol–water partition coefficient (Wildman–Crippen LogP) is 5.33. The van der Waals surface area contributed by atoms with Gasteiger partial charge in [0.2, 0.25) is 11.8 Å². The first kappa shape index (κ1) is 27.0. The van der Waals surface area contributed by atoms with Gasteiger partial charge >= 0.3 is 0 Å². The molecule has 2 N–H and O–H groups in total. The van der Waals surface area contributed by atoms with Gasteiger partial charge in [-0.05, 0) is 80.0 Å². The number of hydrogen-bond acceptors (Lipinski definition) is 4. The lowest BCUT2D eigenvalue weighted by Gasteiger charge is -2.51. The highest BCUT2D eigenvalue weighted by Crippen LogP contribution is 2.47. The van der Waals surface area contributed by atoms with Crippen LogP contribution < -0.4 is 10.6 Å². The lowest BCUT2D eigenvalue weighted by Crippen LogP contribution is -2.70. The fourth-order valence-electron chi connectivity index (χ4n) is 7.55. The Bertz CT molecular complexity index is 1640. The third kappa shape index (κ3) is 3.95. The lowest BCUT2D eigenvalue weighted by atomic mass is 9.79. The molecule has 3 heterocycles. The normalized spacial score (nSPS) is 26.0. The largest absolute Gasteiger partial charge is 0.327 e. The SMILES string of the molecule is Cc1c(F)cc([C@]2(C)CNC3(CCCC3)C(=O)N2C/C=C/c2ccc3c(c2)C[C@@]2(C3)C(=O)Nc3ncccc32)cc1F. The third-order valence-corrected chi connectivity index (χ3v) is 10.2. The average Bonchev–Trinajstić information content (AvgIpc) is 3.68. The van der Waals surface area contributed by atoms with Gasteiger partial charge in [-0.15, -0.1) is 0 Å². The van der Waals surface area contributed by atoms with Crippen molar-refractivity contribution in [3.8, 4) is 0 Å². The number of nitrogens with one attached hydrogen (secondary N) is 2. The first-order valence-electron chi connectivity index (χ1n) is 14.7. The summed E-state index contributed by atoms with van der Waals surface area (Å²) in [5, 5.41) is 6.44. The van der Waals surface area contributed by atoms with Crippen LogP contribution in [0.1, 0.15) is 66.0 Å². The molecule has 6 nitrogen and oxygen atoms in total. The van der Waals surface area contributed by atoms with Crippen molar-refractivity contribution in [3.63, 3.8) is 0 Å². The summed E-state index contributed by atoms with van der Waals surface area (Å²) >= 11 is 0. The Kier molecular flexibility index (Phi) is 6.13. The van der Waals surface area contributed by atoms with Crippen LogP contribution in [-0.2, 0) is 33.4 Å². The van der Waals surface area contributed by atoms with Crippen LogP contribution in [-0.4, -0.2) is 40.3 Å². The Morgan fingerprint density at radius 3 is 2.52 bits per heavy atom. The Hall–Kier alpha value is -3.91. The smallest absolute Gasteiger partial charge is 0.243 e. The summed E-state index contributed by atoms with van der Waals surface area (Å²) in [4.78, 5) is 33.3. The van der Waals surface area contributed by atoms with Crippen LogP contribution in [0.4, 0.5) is 14.6 Å². The maximum atomic E-state index is 14.7. The van der Waals surface area contributed by atoms with Gasteiger partial charge in [-0.2, -0.15) is 0 Å². The van der Waals surface area contributed by atoms with E-state index in [-0.39, 0.29) is 17.4 Å². The molecule has 2 fully saturated rings. The van der Waals surface area contributed by atoms with Crippen molar-refractivity contribution in [1.82, 2.24) is 15.2 Å². The van der Waals surface area contributed by atoms with Crippen LogP contribution in [0.2, 0.25) is 0 Å². The Labute approximate surface area is 244 Å². The van der Waals surface area contributed by atoms with Crippen molar-refractivity contribution in [2.45, 2.75) is 68.9 Å². The van der Waals surface area contributed by atoms with E-state index in [1.54, 1.807) is 11.1 Å². The van der Waals surface area contributed by atoms with Crippen LogP contribution in [0, 0.1) is 18.6 Å². The molecule has 4 aliphatic rings. The summed E-state index contributed by atoms with van der Waals surface area (Å²) in [7, 11) is 0. The molecular formula is C34H34F2N4O2. The summed E-state index contributed by atoms with van der Waals surface area (Å²) in [5.74, 6) is -0.602. The molecule has 8 heteroatoms. The van der Waals surface area contributed by atoms with Gasteiger partial charge in [0.25, 0.3) is 0 Å². The second kappa shape index (κ2) is 9.56. The summed E-state index contributed by atoms with van der Waals surface area (Å²) in [6.45, 7) is 4.01. The number of fused-ring (bicyclic) bond motifs is 3. The number of piperazine rings is 1. The van der Waals surface area contributed by atoms with E-state index in [9.17, 15) is 18.4 Å². The molecule has 2 spiro atoms. The number of carbonyl (C=O) groups excluding carboxylic acids is 2. The first-order chi connectivity index (χ1) is 20.2. The number of amides is 2. The van der Waals surface area contributed by atoms with Gasteiger partial charge in [0.15, 0.2) is 0 Å². The zero-order valence-corrected chi connectivity index (χ0v) is 23.9. The van der Waals surface area contributed by atoms with Crippen molar-refractivity contribution < 1.29 is 18.4 Å². The number of anilines is 1. The fourth-order valence-corrected chi connectivity index (χ4v) is 7.55. The zero-order chi connectivity index (χ0) is 29.3. The third-order valence-electron chi connectivity index (χ3n) is 10.2. The molecule has 1 aromatic heterocycles. The molecule has 2 atom stereocenters. The molecule has 1 saturated heterocycles. The maximum absolute atomic E-state index is 14.7. The quantitative estimate of drug-likeness (QED) is 0.446. The van der Waals surface area contributed by atoms with Crippen molar-refractivity contribution in [3.05, 3.63) is 99.8 Å². The number of benzene rings is 2. The van der Waals surface area contributed by atoms with E-state index in [1.165, 1.54) is 19.1 Å². The lowest BCUT2D eigenvalue weighted by molar-refractivity contribution is -0.149. The van der Waals surface area contributed by atoms with E-state index in [4.69, 9.17) is 0 Å². The van der Waals surface area contributed by atoms with Gasteiger partial charge in [-0.25, -0.2) is 13.8 Å². The second-order valence-electron chi connectivity index (χ2n) is 12.6. The van der Waals surface area contributed by atoms with E-state index in [0.29, 0.717) is 37.3 Å². The van der Waals surface area contributed by atoms with Crippen LogP contribution in [0.3, 0.4) is 0 Å². The Balaban J connectivity index is 1.17. The highest BCUT2D eigenvalue weighted by atomic mass is 19.1. The number of carbonyl (C=O) groups is 2. The van der Waals surface area contributed by atoms with E-state index >= 15 is 0 Å². The fraction of sp³-hybridized carbons (Fsp3) is 0.382. The topological polar surface area (TPSA) is 74.3 Å². The molecule has 216 valence electrons. The minimum atomic E-state index is -0.924. The molecule has 42 heavy (non-hydrogen) atoms. The van der Waals surface area contributed by atoms with Crippen LogP contribution >= 0.6 is 0 Å². The van der Waals surface area contributed by atoms with Crippen LogP contribution in [0.5, 0.6) is 0 Å². The highest BCUT2D eigenvalue weighted by Gasteiger charge is 2.53. The van der Waals surface area contributed by atoms with Gasteiger partial charge in [-0.1, -0.05) is 49.3 Å². The van der Waals surface area contributed by atoms with Gasteiger partial charge in [0.05, 0.1) is 16.5 Å². The Morgan fingerprint density at radius 1 is 1.02 bits per heavy atom. The molecule has 2 aliphatic carbocycles. The van der Waals surface area contributed by atoms with E-state index in [2.05, 4.69) is 27.8 Å². The minimum Gasteiger partial charge on any atom is -0.327 e. The molecule has 2 aliphatic heterocycles. The molecule has 7 rings (SSSR count). The molecule has 0 bridgehead atoms. The monoisotopic (exact) mass is 568 g/mol. The molecule has 2 aromatic carbocycles. The van der Waals surface area contributed by atoms with E-state index < -0.39 is 28.1 Å². The van der Waals surface area contributed by atoms with Gasteiger partial charge in [0.1, 0.15) is 17.5 Å². The van der Waals surface area contributed by atoms with Crippen molar-refractivity contribution >= 4 is 23.7 Å². The summed E-state index contributed by atoms with van der Waals surface area (Å²) < 4.78 is 29.4. The van der Waals surface area contributed by atoms with Crippen molar-refractivity contribution in [1.29, 1.82) is 0 Å². The second-order valence-corrected chi connectivity index (χ2v) is 12.6. The van der Waals surface area contributed by atoms with Crippen molar-refractivity contribution in [2.75, 3.05) is 18.4 Å². The predicted molar refractivity (Wildman–Crippen MR) is 157 cm³/mol. The summed E-state index contributed by atoms with van der Waals surface area (Å²) in [5.41, 5.74) is 2.45. The van der Waals surface area contributed by atoms with E-state index in [0.717, 1.165) is 47.9 Å². The van der Waals surface area contributed by atoms with E-state index in [1.807, 2.05) is 37.3 Å². The number of hydrogen-bond donors (Lipinski definition) is 2. The minimum absolute atomic E-state index is 0.00850.